The van der Waals surface area contributed by atoms with Crippen LogP contribution >= 0.6 is 35.0 Å². The van der Waals surface area contributed by atoms with Crippen LogP contribution in [0.5, 0.6) is 0 Å². The molecule has 19 heavy (non-hydrogen) atoms. The highest BCUT2D eigenvalue weighted by molar-refractivity contribution is 7.99. The third-order valence-electron chi connectivity index (χ3n) is 3.20. The second-order valence-electron chi connectivity index (χ2n) is 5.29. The lowest BCUT2D eigenvalue weighted by Gasteiger charge is -2.31. The van der Waals surface area contributed by atoms with Gasteiger partial charge in [-0.2, -0.15) is 0 Å². The van der Waals surface area contributed by atoms with E-state index in [1.165, 1.54) is 0 Å². The van der Waals surface area contributed by atoms with E-state index in [1.54, 1.807) is 11.8 Å². The van der Waals surface area contributed by atoms with Gasteiger partial charge in [0.25, 0.3) is 0 Å². The Hall–Kier alpha value is -0.380. The van der Waals surface area contributed by atoms with Crippen LogP contribution in [0.25, 0.3) is 0 Å². The molecule has 1 fully saturated rings. The zero-order valence-corrected chi connectivity index (χ0v) is 13.4. The molecule has 0 spiro atoms. The molecular formula is C14H17Cl2NOS. The summed E-state index contributed by atoms with van der Waals surface area (Å²) in [5.74, 6) is 1.38. The molecule has 1 aromatic rings. The van der Waals surface area contributed by atoms with Crippen molar-refractivity contribution in [2.45, 2.75) is 19.2 Å². The molecule has 0 aliphatic carbocycles. The van der Waals surface area contributed by atoms with Gasteiger partial charge in [0, 0.05) is 23.2 Å². The maximum absolute atomic E-state index is 12.6. The normalized spacial score (nSPS) is 19.8. The fourth-order valence-corrected chi connectivity index (χ4v) is 3.62. The van der Waals surface area contributed by atoms with E-state index in [9.17, 15) is 4.79 Å². The minimum atomic E-state index is -0.525. The lowest BCUT2D eigenvalue weighted by molar-refractivity contribution is -0.139. The van der Waals surface area contributed by atoms with Gasteiger partial charge in [0.05, 0.1) is 5.41 Å². The molecular weight excluding hydrogens is 301 g/mol. The van der Waals surface area contributed by atoms with Gasteiger partial charge in [-0.3, -0.25) is 4.79 Å². The Labute approximate surface area is 128 Å². The topological polar surface area (TPSA) is 20.3 Å². The van der Waals surface area contributed by atoms with Gasteiger partial charge in [-0.05, 0) is 31.5 Å². The van der Waals surface area contributed by atoms with E-state index in [0.29, 0.717) is 10.9 Å². The predicted molar refractivity (Wildman–Crippen MR) is 82.9 cm³/mol. The number of hydrogen-bond donors (Lipinski definition) is 0. The molecule has 1 amide bonds. The molecule has 2 nitrogen and oxygen atoms in total. The van der Waals surface area contributed by atoms with Gasteiger partial charge in [-0.15, -0.1) is 23.4 Å². The summed E-state index contributed by atoms with van der Waals surface area (Å²) < 4.78 is 0. The molecule has 0 radical (unpaired) electrons. The van der Waals surface area contributed by atoms with E-state index in [2.05, 4.69) is 0 Å². The molecule has 1 aromatic carbocycles. The molecule has 1 aliphatic heterocycles. The molecule has 1 heterocycles. The number of amides is 1. The van der Waals surface area contributed by atoms with Crippen LogP contribution in [0.2, 0.25) is 5.02 Å². The summed E-state index contributed by atoms with van der Waals surface area (Å²) >= 11 is 13.7. The molecule has 1 saturated heterocycles. The number of rotatable bonds is 3. The summed E-state index contributed by atoms with van der Waals surface area (Å²) in [5.41, 5.74) is 0.553. The van der Waals surface area contributed by atoms with Crippen molar-refractivity contribution in [2.24, 2.45) is 5.41 Å². The van der Waals surface area contributed by atoms with E-state index in [4.69, 9.17) is 23.2 Å². The quantitative estimate of drug-likeness (QED) is 0.779. The second kappa shape index (κ2) is 5.94. The van der Waals surface area contributed by atoms with Crippen LogP contribution in [0.4, 0.5) is 0 Å². The minimum absolute atomic E-state index is 0.0497. The third kappa shape index (κ3) is 3.21. The average Bonchev–Trinajstić information content (AvgIpc) is 2.86. The van der Waals surface area contributed by atoms with Gasteiger partial charge >= 0.3 is 0 Å². The highest BCUT2D eigenvalue weighted by atomic mass is 35.5. The van der Waals surface area contributed by atoms with E-state index in [1.807, 2.05) is 43.0 Å². The van der Waals surface area contributed by atoms with Crippen molar-refractivity contribution in [3.63, 3.8) is 0 Å². The molecule has 104 valence electrons. The summed E-state index contributed by atoms with van der Waals surface area (Å²) in [6.45, 7) is 4.54. The third-order valence-corrected chi connectivity index (χ3v) is 5.36. The Bertz CT molecular complexity index is 478. The summed E-state index contributed by atoms with van der Waals surface area (Å²) in [6, 6.07) is 7.72. The van der Waals surface area contributed by atoms with Crippen LogP contribution in [0, 0.1) is 5.41 Å². The maximum atomic E-state index is 12.6. The van der Waals surface area contributed by atoms with Crippen LogP contribution in [0.3, 0.4) is 0 Å². The summed E-state index contributed by atoms with van der Waals surface area (Å²) in [6.07, 6.45) is 0. The zero-order valence-electron chi connectivity index (χ0n) is 11.0. The van der Waals surface area contributed by atoms with Crippen LogP contribution in [0.1, 0.15) is 24.8 Å². The number of carbonyl (C=O) groups is 1. The highest BCUT2D eigenvalue weighted by Gasteiger charge is 2.38. The number of benzene rings is 1. The van der Waals surface area contributed by atoms with Gasteiger partial charge in [-0.1, -0.05) is 23.7 Å². The first kappa shape index (κ1) is 15.0. The standard InChI is InChI=1S/C14H17Cl2NOS/c1-14(2,9-15)13(18)17-6-7-19-12(17)10-4-3-5-11(16)8-10/h3-5,8,12H,6-7,9H2,1-2H3/t12-/m0/s1. The van der Waals surface area contributed by atoms with Crippen molar-refractivity contribution in [1.29, 1.82) is 0 Å². The first-order valence-electron chi connectivity index (χ1n) is 6.20. The van der Waals surface area contributed by atoms with Crippen molar-refractivity contribution >= 4 is 40.9 Å². The van der Waals surface area contributed by atoms with Crippen LogP contribution in [-0.2, 0) is 4.79 Å². The first-order chi connectivity index (χ1) is 8.95. The minimum Gasteiger partial charge on any atom is -0.325 e. The first-order valence-corrected chi connectivity index (χ1v) is 8.16. The number of carbonyl (C=O) groups excluding carboxylic acids is 1. The fraction of sp³-hybridized carbons (Fsp3) is 0.500. The van der Waals surface area contributed by atoms with E-state index < -0.39 is 5.41 Å². The van der Waals surface area contributed by atoms with Gasteiger partial charge in [-0.25, -0.2) is 0 Å². The number of nitrogens with zero attached hydrogens (tertiary/aromatic N) is 1. The SMILES string of the molecule is CC(C)(CCl)C(=O)N1CCS[C@H]1c1cccc(Cl)c1. The van der Waals surface area contributed by atoms with Gasteiger partial charge in [0.1, 0.15) is 5.37 Å². The monoisotopic (exact) mass is 317 g/mol. The van der Waals surface area contributed by atoms with Crippen LogP contribution in [-0.4, -0.2) is 29.0 Å². The van der Waals surface area contributed by atoms with Gasteiger partial charge in [0.15, 0.2) is 0 Å². The Morgan fingerprint density at radius 3 is 2.89 bits per heavy atom. The Morgan fingerprint density at radius 1 is 1.53 bits per heavy atom. The van der Waals surface area contributed by atoms with Crippen molar-refractivity contribution in [3.8, 4) is 0 Å². The summed E-state index contributed by atoms with van der Waals surface area (Å²) in [4.78, 5) is 14.5. The molecule has 1 atom stereocenters. The van der Waals surface area contributed by atoms with E-state index >= 15 is 0 Å². The summed E-state index contributed by atoms with van der Waals surface area (Å²) in [7, 11) is 0. The number of alkyl halides is 1. The molecule has 5 heteroatoms. The molecule has 0 bridgehead atoms. The lowest BCUT2D eigenvalue weighted by Crippen LogP contribution is -2.41. The molecule has 2 rings (SSSR count). The van der Waals surface area contributed by atoms with Crippen LogP contribution < -0.4 is 0 Å². The molecule has 0 aromatic heterocycles. The lowest BCUT2D eigenvalue weighted by atomic mass is 9.94. The number of thioether (sulfide) groups is 1. The molecule has 0 N–H and O–H groups in total. The molecule has 1 aliphatic rings. The Kier molecular flexibility index (Phi) is 4.70. The van der Waals surface area contributed by atoms with E-state index in [0.717, 1.165) is 17.9 Å². The average molecular weight is 318 g/mol. The van der Waals surface area contributed by atoms with Gasteiger partial charge < -0.3 is 4.90 Å². The predicted octanol–water partition coefficient (Wildman–Crippen LogP) is 4.18. The van der Waals surface area contributed by atoms with E-state index in [-0.39, 0.29) is 11.3 Å². The zero-order chi connectivity index (χ0) is 14.0. The Balaban J connectivity index is 2.24. The van der Waals surface area contributed by atoms with Crippen molar-refractivity contribution < 1.29 is 4.79 Å². The van der Waals surface area contributed by atoms with Crippen LogP contribution in [0.15, 0.2) is 24.3 Å². The number of hydrogen-bond acceptors (Lipinski definition) is 2. The Morgan fingerprint density at radius 2 is 2.26 bits per heavy atom. The van der Waals surface area contributed by atoms with Gasteiger partial charge in [0.2, 0.25) is 5.91 Å². The summed E-state index contributed by atoms with van der Waals surface area (Å²) in [5, 5.41) is 0.752. The smallest absolute Gasteiger partial charge is 0.230 e. The molecule has 0 saturated carbocycles. The maximum Gasteiger partial charge on any atom is 0.230 e. The molecule has 0 unspecified atom stereocenters. The largest absolute Gasteiger partial charge is 0.325 e. The number of halogens is 2. The fourth-order valence-electron chi connectivity index (χ4n) is 2.06. The highest BCUT2D eigenvalue weighted by Crippen LogP contribution is 2.40. The van der Waals surface area contributed by atoms with Crippen molar-refractivity contribution in [1.82, 2.24) is 4.90 Å². The van der Waals surface area contributed by atoms with Crippen molar-refractivity contribution in [3.05, 3.63) is 34.9 Å². The second-order valence-corrected chi connectivity index (χ2v) is 7.19. The van der Waals surface area contributed by atoms with Crippen molar-refractivity contribution in [2.75, 3.05) is 18.2 Å².